The van der Waals surface area contributed by atoms with E-state index in [2.05, 4.69) is 25.5 Å². The van der Waals surface area contributed by atoms with Crippen molar-refractivity contribution in [2.45, 2.75) is 18.8 Å². The van der Waals surface area contributed by atoms with E-state index >= 15 is 0 Å². The zero-order chi connectivity index (χ0) is 18.5. The van der Waals surface area contributed by atoms with Crippen LogP contribution in [0.4, 0.5) is 17.5 Å². The molecule has 0 radical (unpaired) electrons. The standard InChI is InChI=1S/C19H27N5O2/c1-24(2)10-9-20-19-22-15(13-5-6-13)12-18(23-19)21-14-7-8-16(25-3)17(11-14)26-4/h7-8,11-13H,5-6,9-10H2,1-4H3,(H2,20,21,22,23). The summed E-state index contributed by atoms with van der Waals surface area (Å²) in [5.74, 6) is 3.38. The highest BCUT2D eigenvalue weighted by Crippen LogP contribution is 2.40. The summed E-state index contributed by atoms with van der Waals surface area (Å²) in [5, 5.41) is 6.67. The minimum Gasteiger partial charge on any atom is -0.493 e. The molecule has 1 fully saturated rings. The zero-order valence-corrected chi connectivity index (χ0v) is 15.9. The van der Waals surface area contributed by atoms with Crippen LogP contribution >= 0.6 is 0 Å². The number of methoxy groups -OCH3 is 2. The van der Waals surface area contributed by atoms with Crippen molar-refractivity contribution in [3.8, 4) is 11.5 Å². The first-order valence-corrected chi connectivity index (χ1v) is 8.85. The number of likely N-dealkylation sites (N-methyl/N-ethyl adjacent to an activating group) is 1. The molecule has 1 aliphatic carbocycles. The average Bonchev–Trinajstić information content (AvgIpc) is 3.46. The first kappa shape index (κ1) is 18.3. The Kier molecular flexibility index (Phi) is 5.78. The van der Waals surface area contributed by atoms with Crippen LogP contribution in [-0.4, -0.2) is 56.3 Å². The molecule has 0 bridgehead atoms. The highest BCUT2D eigenvalue weighted by Gasteiger charge is 2.26. The van der Waals surface area contributed by atoms with Gasteiger partial charge in [0.15, 0.2) is 11.5 Å². The number of rotatable bonds is 9. The highest BCUT2D eigenvalue weighted by molar-refractivity contribution is 5.62. The van der Waals surface area contributed by atoms with Gasteiger partial charge >= 0.3 is 0 Å². The minimum atomic E-state index is 0.554. The van der Waals surface area contributed by atoms with Crippen molar-refractivity contribution < 1.29 is 9.47 Å². The van der Waals surface area contributed by atoms with Crippen LogP contribution in [0, 0.1) is 0 Å². The fraction of sp³-hybridized carbons (Fsp3) is 0.474. The van der Waals surface area contributed by atoms with E-state index in [0.717, 1.165) is 30.3 Å². The lowest BCUT2D eigenvalue weighted by molar-refractivity contribution is 0.355. The summed E-state index contributed by atoms with van der Waals surface area (Å²) >= 11 is 0. The molecular formula is C19H27N5O2. The van der Waals surface area contributed by atoms with E-state index in [1.807, 2.05) is 38.4 Å². The Labute approximate surface area is 154 Å². The van der Waals surface area contributed by atoms with E-state index in [1.54, 1.807) is 14.2 Å². The lowest BCUT2D eigenvalue weighted by Crippen LogP contribution is -2.21. The third kappa shape index (κ3) is 4.76. The predicted octanol–water partition coefficient (Wildman–Crippen LogP) is 3.09. The molecule has 1 aromatic heterocycles. The molecule has 7 nitrogen and oxygen atoms in total. The van der Waals surface area contributed by atoms with Crippen molar-refractivity contribution in [3.63, 3.8) is 0 Å². The summed E-state index contributed by atoms with van der Waals surface area (Å²) in [7, 11) is 7.35. The maximum Gasteiger partial charge on any atom is 0.224 e. The van der Waals surface area contributed by atoms with Crippen LogP contribution in [-0.2, 0) is 0 Å². The normalized spacial score (nSPS) is 13.6. The molecule has 0 atom stereocenters. The summed E-state index contributed by atoms with van der Waals surface area (Å²) < 4.78 is 10.7. The van der Waals surface area contributed by atoms with Gasteiger partial charge in [-0.1, -0.05) is 0 Å². The first-order valence-electron chi connectivity index (χ1n) is 8.85. The molecule has 1 saturated carbocycles. The molecule has 140 valence electrons. The van der Waals surface area contributed by atoms with E-state index in [1.165, 1.54) is 12.8 Å². The Hall–Kier alpha value is -2.54. The average molecular weight is 357 g/mol. The SMILES string of the molecule is COc1ccc(Nc2cc(C3CC3)nc(NCCN(C)C)n2)cc1OC. The second-order valence-corrected chi connectivity index (χ2v) is 6.70. The number of nitrogens with zero attached hydrogens (tertiary/aromatic N) is 3. The Morgan fingerprint density at radius 2 is 1.85 bits per heavy atom. The van der Waals surface area contributed by atoms with Crippen molar-refractivity contribution in [1.82, 2.24) is 14.9 Å². The van der Waals surface area contributed by atoms with Crippen molar-refractivity contribution in [2.75, 3.05) is 52.0 Å². The Morgan fingerprint density at radius 1 is 1.08 bits per heavy atom. The number of hydrogen-bond donors (Lipinski definition) is 2. The van der Waals surface area contributed by atoms with E-state index in [4.69, 9.17) is 9.47 Å². The Balaban J connectivity index is 1.78. The van der Waals surface area contributed by atoms with Gasteiger partial charge in [-0.15, -0.1) is 0 Å². The molecule has 0 amide bonds. The van der Waals surface area contributed by atoms with Crippen molar-refractivity contribution in [2.24, 2.45) is 0 Å². The third-order valence-electron chi connectivity index (χ3n) is 4.24. The van der Waals surface area contributed by atoms with Gasteiger partial charge in [-0.2, -0.15) is 4.98 Å². The predicted molar refractivity (Wildman–Crippen MR) is 104 cm³/mol. The largest absolute Gasteiger partial charge is 0.493 e. The smallest absolute Gasteiger partial charge is 0.224 e. The topological polar surface area (TPSA) is 71.5 Å². The number of benzene rings is 1. The van der Waals surface area contributed by atoms with Gasteiger partial charge in [0.2, 0.25) is 5.95 Å². The molecule has 26 heavy (non-hydrogen) atoms. The van der Waals surface area contributed by atoms with Gasteiger partial charge in [-0.3, -0.25) is 0 Å². The number of ether oxygens (including phenoxy) is 2. The Morgan fingerprint density at radius 3 is 2.50 bits per heavy atom. The minimum absolute atomic E-state index is 0.554. The molecule has 1 aliphatic rings. The molecule has 1 heterocycles. The van der Waals surface area contributed by atoms with Crippen molar-refractivity contribution in [1.29, 1.82) is 0 Å². The molecule has 2 N–H and O–H groups in total. The van der Waals surface area contributed by atoms with Gasteiger partial charge in [0, 0.05) is 36.8 Å². The second kappa shape index (κ2) is 8.23. The number of hydrogen-bond acceptors (Lipinski definition) is 7. The van der Waals surface area contributed by atoms with Crippen LogP contribution in [0.15, 0.2) is 24.3 Å². The van der Waals surface area contributed by atoms with E-state index in [-0.39, 0.29) is 0 Å². The third-order valence-corrected chi connectivity index (χ3v) is 4.24. The molecule has 1 aromatic carbocycles. The Bertz CT molecular complexity index is 747. The molecule has 3 rings (SSSR count). The van der Waals surface area contributed by atoms with E-state index < -0.39 is 0 Å². The lowest BCUT2D eigenvalue weighted by atomic mass is 10.2. The molecule has 0 unspecified atom stereocenters. The summed E-state index contributed by atoms with van der Waals surface area (Å²) in [6.45, 7) is 1.73. The number of anilines is 3. The van der Waals surface area contributed by atoms with Crippen LogP contribution in [0.2, 0.25) is 0 Å². The molecule has 0 spiro atoms. The van der Waals surface area contributed by atoms with Crippen LogP contribution in [0.1, 0.15) is 24.5 Å². The molecule has 0 aliphatic heterocycles. The second-order valence-electron chi connectivity index (χ2n) is 6.70. The highest BCUT2D eigenvalue weighted by atomic mass is 16.5. The fourth-order valence-corrected chi connectivity index (χ4v) is 2.65. The number of nitrogens with one attached hydrogen (secondary N) is 2. The van der Waals surface area contributed by atoms with Gasteiger partial charge in [-0.25, -0.2) is 4.98 Å². The van der Waals surface area contributed by atoms with Gasteiger partial charge < -0.3 is 25.0 Å². The fourth-order valence-electron chi connectivity index (χ4n) is 2.65. The van der Waals surface area contributed by atoms with Crippen LogP contribution in [0.3, 0.4) is 0 Å². The summed E-state index contributed by atoms with van der Waals surface area (Å²) in [5.41, 5.74) is 1.98. The van der Waals surface area contributed by atoms with Crippen molar-refractivity contribution in [3.05, 3.63) is 30.0 Å². The van der Waals surface area contributed by atoms with Gasteiger partial charge in [0.05, 0.1) is 19.9 Å². The quantitative estimate of drug-likeness (QED) is 0.714. The van der Waals surface area contributed by atoms with Crippen LogP contribution in [0.5, 0.6) is 11.5 Å². The summed E-state index contributed by atoms with van der Waals surface area (Å²) in [4.78, 5) is 11.4. The maximum absolute atomic E-state index is 5.37. The van der Waals surface area contributed by atoms with Crippen LogP contribution in [0.25, 0.3) is 0 Å². The monoisotopic (exact) mass is 357 g/mol. The summed E-state index contributed by atoms with van der Waals surface area (Å²) in [6, 6.07) is 7.75. The van der Waals surface area contributed by atoms with Gasteiger partial charge in [0.25, 0.3) is 0 Å². The molecule has 7 heteroatoms. The first-order chi connectivity index (χ1) is 12.6. The van der Waals surface area contributed by atoms with E-state index in [9.17, 15) is 0 Å². The summed E-state index contributed by atoms with van der Waals surface area (Å²) in [6.07, 6.45) is 2.40. The maximum atomic E-state index is 5.37. The molecule has 0 saturated heterocycles. The molecular weight excluding hydrogens is 330 g/mol. The lowest BCUT2D eigenvalue weighted by Gasteiger charge is -2.14. The zero-order valence-electron chi connectivity index (χ0n) is 15.9. The van der Waals surface area contributed by atoms with Crippen LogP contribution < -0.4 is 20.1 Å². The van der Waals surface area contributed by atoms with Gasteiger partial charge in [-0.05, 0) is 39.1 Å². The molecule has 2 aromatic rings. The van der Waals surface area contributed by atoms with E-state index in [0.29, 0.717) is 23.4 Å². The van der Waals surface area contributed by atoms with Gasteiger partial charge in [0.1, 0.15) is 5.82 Å². The van der Waals surface area contributed by atoms with Crippen molar-refractivity contribution >= 4 is 17.5 Å². The number of aromatic nitrogens is 2.